The molecule has 0 aromatic heterocycles. The lowest BCUT2D eigenvalue weighted by atomic mass is 10.2. The number of hydrogen-bond acceptors (Lipinski definition) is 4. The molecular formula is C18H31ClN2O2. The van der Waals surface area contributed by atoms with E-state index in [2.05, 4.69) is 24.1 Å². The van der Waals surface area contributed by atoms with E-state index in [0.717, 1.165) is 50.5 Å². The van der Waals surface area contributed by atoms with E-state index in [1.165, 1.54) is 0 Å². The van der Waals surface area contributed by atoms with Gasteiger partial charge in [-0.15, -0.1) is 0 Å². The Bertz CT molecular complexity index is 451. The fraction of sp³-hybridized carbons (Fsp3) is 0.667. The van der Waals surface area contributed by atoms with Gasteiger partial charge in [0.05, 0.1) is 18.2 Å². The summed E-state index contributed by atoms with van der Waals surface area (Å²) in [4.78, 5) is 2.43. The quantitative estimate of drug-likeness (QED) is 0.583. The van der Waals surface area contributed by atoms with Crippen LogP contribution in [0.25, 0.3) is 0 Å². The lowest BCUT2D eigenvalue weighted by Gasteiger charge is -2.18. The normalized spacial score (nSPS) is 11.0. The maximum Gasteiger partial charge on any atom is 0.179 e. The molecule has 0 spiro atoms. The summed E-state index contributed by atoms with van der Waals surface area (Å²) in [5.41, 5.74) is 1.12. The van der Waals surface area contributed by atoms with Crippen LogP contribution < -0.4 is 14.8 Å². The molecule has 1 rings (SSSR count). The predicted octanol–water partition coefficient (Wildman–Crippen LogP) is 3.96. The van der Waals surface area contributed by atoms with Gasteiger partial charge in [-0.1, -0.05) is 25.4 Å². The molecule has 1 aromatic rings. The van der Waals surface area contributed by atoms with Crippen LogP contribution in [-0.4, -0.2) is 44.3 Å². The summed E-state index contributed by atoms with van der Waals surface area (Å²) in [7, 11) is 0. The first kappa shape index (κ1) is 20.1. The van der Waals surface area contributed by atoms with Crippen LogP contribution in [0.1, 0.15) is 39.7 Å². The van der Waals surface area contributed by atoms with E-state index in [9.17, 15) is 0 Å². The number of rotatable bonds is 12. The van der Waals surface area contributed by atoms with Crippen LogP contribution in [0.2, 0.25) is 5.02 Å². The van der Waals surface area contributed by atoms with Gasteiger partial charge < -0.3 is 19.7 Å². The van der Waals surface area contributed by atoms with Crippen LogP contribution in [0.3, 0.4) is 0 Å². The van der Waals surface area contributed by atoms with Crippen LogP contribution >= 0.6 is 11.6 Å². The van der Waals surface area contributed by atoms with Gasteiger partial charge in [-0.25, -0.2) is 0 Å². The number of nitrogens with one attached hydrogen (secondary N) is 1. The predicted molar refractivity (Wildman–Crippen MR) is 97.9 cm³/mol. The molecule has 0 amide bonds. The first-order valence-corrected chi connectivity index (χ1v) is 9.05. The van der Waals surface area contributed by atoms with E-state index in [4.69, 9.17) is 21.1 Å². The van der Waals surface area contributed by atoms with Crippen molar-refractivity contribution in [1.29, 1.82) is 0 Å². The molecular weight excluding hydrogens is 312 g/mol. The smallest absolute Gasteiger partial charge is 0.179 e. The van der Waals surface area contributed by atoms with E-state index < -0.39 is 0 Å². The molecule has 132 valence electrons. The largest absolute Gasteiger partial charge is 0.490 e. The van der Waals surface area contributed by atoms with Gasteiger partial charge in [-0.3, -0.25) is 0 Å². The van der Waals surface area contributed by atoms with Crippen molar-refractivity contribution in [3.8, 4) is 11.5 Å². The molecule has 0 saturated carbocycles. The Hall–Kier alpha value is -0.970. The standard InChI is InChI=1S/C18H31ClN2O2/c1-5-21(6-2)11-9-10-20-14-15-12-16(19)18(23-8-4)17(13-15)22-7-3/h12-13,20H,5-11,14H2,1-4H3. The molecule has 0 fully saturated rings. The van der Waals surface area contributed by atoms with Gasteiger partial charge in [0, 0.05) is 6.54 Å². The zero-order chi connectivity index (χ0) is 17.1. The molecule has 0 aliphatic carbocycles. The minimum absolute atomic E-state index is 0.572. The first-order valence-electron chi connectivity index (χ1n) is 8.67. The lowest BCUT2D eigenvalue weighted by molar-refractivity contribution is 0.287. The zero-order valence-electron chi connectivity index (χ0n) is 15.0. The molecule has 4 nitrogen and oxygen atoms in total. The summed E-state index contributed by atoms with van der Waals surface area (Å²) in [6, 6.07) is 3.96. The molecule has 0 bridgehead atoms. The molecule has 0 aliphatic heterocycles. The number of benzene rings is 1. The van der Waals surface area contributed by atoms with Gasteiger partial charge in [0.1, 0.15) is 0 Å². The zero-order valence-corrected chi connectivity index (χ0v) is 15.7. The van der Waals surface area contributed by atoms with E-state index in [1.807, 2.05) is 26.0 Å². The maximum atomic E-state index is 6.33. The van der Waals surface area contributed by atoms with E-state index in [1.54, 1.807) is 0 Å². The number of hydrogen-bond donors (Lipinski definition) is 1. The Labute approximate surface area is 146 Å². The van der Waals surface area contributed by atoms with Crippen molar-refractivity contribution in [3.05, 3.63) is 22.7 Å². The maximum absolute atomic E-state index is 6.33. The van der Waals surface area contributed by atoms with Gasteiger partial charge in [0.2, 0.25) is 0 Å². The highest BCUT2D eigenvalue weighted by molar-refractivity contribution is 6.32. The highest BCUT2D eigenvalue weighted by atomic mass is 35.5. The van der Waals surface area contributed by atoms with E-state index >= 15 is 0 Å². The van der Waals surface area contributed by atoms with Gasteiger partial charge >= 0.3 is 0 Å². The molecule has 5 heteroatoms. The van der Waals surface area contributed by atoms with Gasteiger partial charge in [-0.05, 0) is 64.1 Å². The van der Waals surface area contributed by atoms with Crippen molar-refractivity contribution < 1.29 is 9.47 Å². The third-order valence-electron chi connectivity index (χ3n) is 3.71. The second kappa shape index (κ2) is 11.5. The van der Waals surface area contributed by atoms with Crippen LogP contribution in [0.4, 0.5) is 0 Å². The fourth-order valence-electron chi connectivity index (χ4n) is 2.47. The number of nitrogens with zero attached hydrogens (tertiary/aromatic N) is 1. The minimum Gasteiger partial charge on any atom is -0.490 e. The van der Waals surface area contributed by atoms with Crippen molar-refractivity contribution in [1.82, 2.24) is 10.2 Å². The summed E-state index contributed by atoms with van der Waals surface area (Å²) >= 11 is 6.33. The monoisotopic (exact) mass is 342 g/mol. The second-order valence-corrected chi connectivity index (χ2v) is 5.74. The average molecular weight is 343 g/mol. The van der Waals surface area contributed by atoms with Crippen LogP contribution in [-0.2, 0) is 6.54 Å². The molecule has 0 atom stereocenters. The summed E-state index contributed by atoms with van der Waals surface area (Å²) < 4.78 is 11.2. The van der Waals surface area contributed by atoms with Crippen LogP contribution in [0, 0.1) is 0 Å². The molecule has 0 heterocycles. The molecule has 23 heavy (non-hydrogen) atoms. The van der Waals surface area contributed by atoms with Crippen LogP contribution in [0.15, 0.2) is 12.1 Å². The Morgan fingerprint density at radius 2 is 1.74 bits per heavy atom. The highest BCUT2D eigenvalue weighted by Crippen LogP contribution is 2.36. The highest BCUT2D eigenvalue weighted by Gasteiger charge is 2.12. The van der Waals surface area contributed by atoms with Crippen molar-refractivity contribution in [2.24, 2.45) is 0 Å². The third kappa shape index (κ3) is 6.98. The molecule has 0 radical (unpaired) electrons. The SMILES string of the molecule is CCOc1cc(CNCCCN(CC)CC)cc(Cl)c1OCC. The molecule has 1 aromatic carbocycles. The number of halogens is 1. The van der Waals surface area contributed by atoms with Crippen molar-refractivity contribution >= 4 is 11.6 Å². The summed E-state index contributed by atoms with van der Waals surface area (Å²) in [5.74, 6) is 1.36. The van der Waals surface area contributed by atoms with Crippen molar-refractivity contribution in [2.45, 2.75) is 40.7 Å². The fourth-order valence-corrected chi connectivity index (χ4v) is 2.76. The van der Waals surface area contributed by atoms with E-state index in [-0.39, 0.29) is 0 Å². The summed E-state index contributed by atoms with van der Waals surface area (Å²) in [6.45, 7) is 14.6. The average Bonchev–Trinajstić information content (AvgIpc) is 2.54. The van der Waals surface area contributed by atoms with Gasteiger partial charge in [0.25, 0.3) is 0 Å². The number of ether oxygens (including phenoxy) is 2. The Balaban J connectivity index is 2.53. The van der Waals surface area contributed by atoms with Gasteiger partial charge in [-0.2, -0.15) is 0 Å². The molecule has 0 saturated heterocycles. The third-order valence-corrected chi connectivity index (χ3v) is 3.99. The molecule has 0 aliphatic rings. The minimum atomic E-state index is 0.572. The van der Waals surface area contributed by atoms with Crippen molar-refractivity contribution in [3.63, 3.8) is 0 Å². The summed E-state index contributed by atoms with van der Waals surface area (Å²) in [6.07, 6.45) is 1.14. The Morgan fingerprint density at radius 3 is 2.35 bits per heavy atom. The van der Waals surface area contributed by atoms with Gasteiger partial charge in [0.15, 0.2) is 11.5 Å². The Morgan fingerprint density at radius 1 is 1.04 bits per heavy atom. The van der Waals surface area contributed by atoms with E-state index in [0.29, 0.717) is 24.0 Å². The lowest BCUT2D eigenvalue weighted by Crippen LogP contribution is -2.27. The van der Waals surface area contributed by atoms with Crippen LogP contribution in [0.5, 0.6) is 11.5 Å². The molecule has 1 N–H and O–H groups in total. The molecule has 0 unspecified atom stereocenters. The second-order valence-electron chi connectivity index (χ2n) is 5.33. The first-order chi connectivity index (χ1) is 11.2. The topological polar surface area (TPSA) is 33.7 Å². The summed E-state index contributed by atoms with van der Waals surface area (Å²) in [5, 5.41) is 4.08. The van der Waals surface area contributed by atoms with Crippen molar-refractivity contribution in [2.75, 3.05) is 39.4 Å². The Kier molecular flexibility index (Phi) is 10.1.